The third-order valence-corrected chi connectivity index (χ3v) is 11.4. The van der Waals surface area contributed by atoms with Crippen molar-refractivity contribution in [2.45, 2.75) is 42.3 Å². The fourth-order valence-corrected chi connectivity index (χ4v) is 8.73. The number of methoxy groups -OCH3 is 1. The van der Waals surface area contributed by atoms with Gasteiger partial charge in [-0.15, -0.1) is 16.9 Å². The third kappa shape index (κ3) is 7.58. The van der Waals surface area contributed by atoms with E-state index in [2.05, 4.69) is 26.2 Å². The molecule has 6 rings (SSSR count). The molecule has 4 heterocycles. The van der Waals surface area contributed by atoms with Gasteiger partial charge in [-0.05, 0) is 52.8 Å². The van der Waals surface area contributed by atoms with E-state index in [4.69, 9.17) is 19.7 Å². The topological polar surface area (TPSA) is 315 Å². The number of hydrogen-bond donors (Lipinski definition) is 7. The minimum atomic E-state index is -2.16. The fraction of sp³-hybridized carbons (Fsp3) is 0.294. The van der Waals surface area contributed by atoms with Crippen molar-refractivity contribution in [3.8, 4) is 17.2 Å². The molecule has 1 unspecified atom stereocenters. The summed E-state index contributed by atoms with van der Waals surface area (Å²) in [4.78, 5) is 91.5. The number of amides is 3. The number of aromatic hydroxyl groups is 2. The number of aliphatic carboxylic acids is 3. The summed E-state index contributed by atoms with van der Waals surface area (Å²) in [5, 5.41) is 63.6. The molecule has 2 aromatic heterocycles. The van der Waals surface area contributed by atoms with E-state index in [1.54, 1.807) is 6.92 Å². The predicted molar refractivity (Wildman–Crippen MR) is 199 cm³/mol. The van der Waals surface area contributed by atoms with Gasteiger partial charge in [-0.1, -0.05) is 23.9 Å². The first-order chi connectivity index (χ1) is 27.6. The van der Waals surface area contributed by atoms with Crippen LogP contribution in [0.4, 0.5) is 0 Å². The second kappa shape index (κ2) is 16.4. The molecule has 24 heteroatoms. The van der Waals surface area contributed by atoms with Gasteiger partial charge in [0, 0.05) is 31.4 Å². The molecule has 2 aliphatic rings. The molecule has 1 fully saturated rings. The highest BCUT2D eigenvalue weighted by Gasteiger charge is 2.67. The Bertz CT molecular complexity index is 2450. The van der Waals surface area contributed by atoms with Crippen molar-refractivity contribution in [3.63, 3.8) is 0 Å². The molecular formula is C34H32N8O14S2. The van der Waals surface area contributed by atoms with Crippen LogP contribution in [0.2, 0.25) is 0 Å². The highest BCUT2D eigenvalue weighted by Crippen LogP contribution is 2.47. The summed E-state index contributed by atoms with van der Waals surface area (Å²) in [5.41, 5.74) is -3.55. The maximum Gasteiger partial charge on any atom is 0.352 e. The van der Waals surface area contributed by atoms with Crippen molar-refractivity contribution >= 4 is 70.1 Å². The molecule has 0 radical (unpaired) electrons. The Morgan fingerprint density at radius 3 is 2.41 bits per heavy atom. The molecular weight excluding hydrogens is 809 g/mol. The summed E-state index contributed by atoms with van der Waals surface area (Å²) in [6.45, 7) is 0.576. The molecule has 58 heavy (non-hydrogen) atoms. The Labute approximate surface area is 333 Å². The van der Waals surface area contributed by atoms with Gasteiger partial charge in [0.2, 0.25) is 16.5 Å². The Morgan fingerprint density at radius 1 is 1.05 bits per heavy atom. The van der Waals surface area contributed by atoms with Gasteiger partial charge >= 0.3 is 17.9 Å². The number of phenolic OH excluding ortho intramolecular Hbond substituents is 2. The number of tetrazole rings is 1. The number of pyridine rings is 1. The molecule has 0 bridgehead atoms. The van der Waals surface area contributed by atoms with Crippen LogP contribution in [0.15, 0.2) is 63.8 Å². The van der Waals surface area contributed by atoms with Crippen LogP contribution in [-0.4, -0.2) is 127 Å². The first-order valence-electron chi connectivity index (χ1n) is 16.8. The van der Waals surface area contributed by atoms with Crippen LogP contribution in [0.1, 0.15) is 28.9 Å². The number of aryl methyl sites for hydroxylation is 1. The SMILES string of the molecule is CCn1cc(C(=O)NC(C(=O)N[C@]2(OC)C(=O)N3C(C(=O)O)=C(CSc4nnnn4CC(=O)O)CS[C@@H]32)c2ccc(OCC(=O)O)cc2)c(=O)c2ccc(O)c(O)c21. The number of carboxylic acids is 3. The Morgan fingerprint density at radius 2 is 1.78 bits per heavy atom. The second-order valence-electron chi connectivity index (χ2n) is 12.5. The van der Waals surface area contributed by atoms with Gasteiger partial charge < -0.3 is 50.2 Å². The van der Waals surface area contributed by atoms with E-state index < -0.39 is 94.1 Å². The number of thioether (sulfide) groups is 2. The quantitative estimate of drug-likeness (QED) is 0.0336. The van der Waals surface area contributed by atoms with Gasteiger partial charge in [0.25, 0.3) is 17.5 Å². The lowest BCUT2D eigenvalue weighted by Crippen LogP contribution is -2.81. The van der Waals surface area contributed by atoms with Crippen molar-refractivity contribution in [3.05, 3.63) is 75.2 Å². The number of carbonyl (C=O) groups excluding carboxylic acids is 3. The van der Waals surface area contributed by atoms with Gasteiger partial charge in [0.15, 0.2) is 18.1 Å². The molecule has 0 saturated carbocycles. The number of benzene rings is 2. The molecule has 3 atom stereocenters. The van der Waals surface area contributed by atoms with Gasteiger partial charge in [-0.3, -0.25) is 28.9 Å². The number of phenols is 2. The van der Waals surface area contributed by atoms with Crippen LogP contribution in [0.5, 0.6) is 17.2 Å². The number of carbonyl (C=O) groups is 6. The standard InChI is InChI=1S/C34H32N8O14S2/c1-3-40-10-19(26(48)18-8-9-20(43)27(49)25(18)40)28(50)35-23(15-4-6-17(7-5-15)56-12-22(46)47)29(51)36-34(55-2)31(54)42-24(30(52)53)16(13-57-32(34)42)14-58-33-37-38-39-41(33)11-21(44)45/h4-10,23,32,43,49H,3,11-14H2,1-2H3,(H,35,50)(H,36,51)(H,44,45)(H,46,47)(H,52,53)/t23?,32-,34+/m1/s1. The molecule has 304 valence electrons. The van der Waals surface area contributed by atoms with Crippen LogP contribution < -0.4 is 20.8 Å². The smallest absolute Gasteiger partial charge is 0.352 e. The molecule has 0 spiro atoms. The van der Waals surface area contributed by atoms with Crippen molar-refractivity contribution in [2.75, 3.05) is 25.2 Å². The van der Waals surface area contributed by atoms with Crippen molar-refractivity contribution in [1.82, 2.24) is 40.3 Å². The molecule has 22 nitrogen and oxygen atoms in total. The number of nitrogens with one attached hydrogen (secondary N) is 2. The summed E-state index contributed by atoms with van der Waals surface area (Å²) in [7, 11) is 1.12. The van der Waals surface area contributed by atoms with E-state index in [0.29, 0.717) is 0 Å². The Kier molecular flexibility index (Phi) is 11.6. The first kappa shape index (κ1) is 41.0. The molecule has 0 aliphatic carbocycles. The fourth-order valence-electron chi connectivity index (χ4n) is 6.28. The molecule has 7 N–H and O–H groups in total. The van der Waals surface area contributed by atoms with Gasteiger partial charge in [0.1, 0.15) is 35.0 Å². The number of rotatable bonds is 16. The van der Waals surface area contributed by atoms with E-state index >= 15 is 0 Å². The van der Waals surface area contributed by atoms with Crippen molar-refractivity contribution in [2.24, 2.45) is 0 Å². The molecule has 4 aromatic rings. The van der Waals surface area contributed by atoms with Crippen molar-refractivity contribution < 1.29 is 63.8 Å². The third-order valence-electron chi connectivity index (χ3n) is 8.99. The van der Waals surface area contributed by atoms with Gasteiger partial charge in [-0.2, -0.15) is 0 Å². The number of β-lactam (4-membered cyclic amide) rings is 1. The molecule has 3 amide bonds. The number of nitrogens with zero attached hydrogens (tertiary/aromatic N) is 6. The van der Waals surface area contributed by atoms with Crippen LogP contribution in [0.3, 0.4) is 0 Å². The van der Waals surface area contributed by atoms with E-state index in [-0.39, 0.29) is 51.0 Å². The number of fused-ring (bicyclic) bond motifs is 2. The number of ether oxygens (including phenoxy) is 2. The minimum absolute atomic E-state index is 0.0154. The van der Waals surface area contributed by atoms with Crippen LogP contribution in [0.25, 0.3) is 10.9 Å². The zero-order valence-corrected chi connectivity index (χ0v) is 31.8. The Balaban J connectivity index is 1.30. The zero-order valence-electron chi connectivity index (χ0n) is 30.1. The zero-order chi connectivity index (χ0) is 42.1. The summed E-state index contributed by atoms with van der Waals surface area (Å²) in [6, 6.07) is 5.95. The van der Waals surface area contributed by atoms with Crippen LogP contribution in [0, 0.1) is 0 Å². The lowest BCUT2D eigenvalue weighted by atomic mass is 9.96. The highest BCUT2D eigenvalue weighted by molar-refractivity contribution is 8.01. The van der Waals surface area contributed by atoms with Crippen LogP contribution in [-0.2, 0) is 41.8 Å². The number of aromatic nitrogens is 5. The predicted octanol–water partition coefficient (Wildman–Crippen LogP) is -0.0568. The summed E-state index contributed by atoms with van der Waals surface area (Å²) in [5.74, 6) is -8.01. The van der Waals surface area contributed by atoms with E-state index in [9.17, 15) is 48.9 Å². The minimum Gasteiger partial charge on any atom is -0.504 e. The lowest BCUT2D eigenvalue weighted by molar-refractivity contribution is -0.192. The summed E-state index contributed by atoms with van der Waals surface area (Å²) >= 11 is 2.00. The average Bonchev–Trinajstić information content (AvgIpc) is 3.64. The van der Waals surface area contributed by atoms with Gasteiger partial charge in [-0.25, -0.2) is 14.3 Å². The summed E-state index contributed by atoms with van der Waals surface area (Å²) < 4.78 is 13.1. The first-order valence-corrected chi connectivity index (χ1v) is 18.9. The highest BCUT2D eigenvalue weighted by atomic mass is 32.2. The monoisotopic (exact) mass is 840 g/mol. The average molecular weight is 841 g/mol. The number of carboxylic acid groups (broad SMARTS) is 3. The van der Waals surface area contributed by atoms with E-state index in [1.165, 1.54) is 34.9 Å². The summed E-state index contributed by atoms with van der Waals surface area (Å²) in [6.07, 6.45) is 1.14. The normalized spacial score (nSPS) is 17.9. The largest absolute Gasteiger partial charge is 0.504 e. The van der Waals surface area contributed by atoms with Crippen LogP contribution >= 0.6 is 23.5 Å². The molecule has 2 aliphatic heterocycles. The molecule has 2 aromatic carbocycles. The van der Waals surface area contributed by atoms with E-state index in [0.717, 1.165) is 52.5 Å². The maximum absolute atomic E-state index is 14.3. The van der Waals surface area contributed by atoms with Crippen molar-refractivity contribution in [1.29, 1.82) is 0 Å². The lowest BCUT2D eigenvalue weighted by Gasteiger charge is -2.56. The Hall–Kier alpha value is -6.66. The van der Waals surface area contributed by atoms with Gasteiger partial charge in [0.05, 0.1) is 10.9 Å². The molecule has 1 saturated heterocycles. The second-order valence-corrected chi connectivity index (χ2v) is 14.5. The number of hydrogen-bond acceptors (Lipinski definition) is 16. The van der Waals surface area contributed by atoms with E-state index in [1.807, 2.05) is 0 Å². The maximum atomic E-state index is 14.3.